The highest BCUT2D eigenvalue weighted by atomic mass is 16.5. The lowest BCUT2D eigenvalue weighted by Gasteiger charge is -2.38. The smallest absolute Gasteiger partial charge is 0.246 e. The van der Waals surface area contributed by atoms with Crippen molar-refractivity contribution in [3.63, 3.8) is 0 Å². The Labute approximate surface area is 150 Å². The minimum atomic E-state index is 0.0688. The highest BCUT2D eigenvalue weighted by Crippen LogP contribution is 2.23. The number of hydrogen-bond acceptors (Lipinski definition) is 4. The molecule has 25 heavy (non-hydrogen) atoms. The number of piperidine rings is 1. The van der Waals surface area contributed by atoms with E-state index < -0.39 is 0 Å². The number of anilines is 1. The van der Waals surface area contributed by atoms with Crippen LogP contribution in [0.3, 0.4) is 0 Å². The van der Waals surface area contributed by atoms with Gasteiger partial charge in [-0.25, -0.2) is 0 Å². The molecule has 3 rings (SSSR count). The van der Waals surface area contributed by atoms with Crippen molar-refractivity contribution in [2.75, 3.05) is 44.3 Å². The number of ether oxygens (including phenoxy) is 1. The van der Waals surface area contributed by atoms with Crippen molar-refractivity contribution >= 4 is 17.7 Å². The molecule has 136 valence electrons. The van der Waals surface area contributed by atoms with Crippen LogP contribution < -0.4 is 10.6 Å². The van der Waals surface area contributed by atoms with E-state index in [0.717, 1.165) is 51.3 Å². The number of rotatable bonds is 4. The third-order valence-corrected chi connectivity index (χ3v) is 5.33. The molecule has 0 saturated carbocycles. The fourth-order valence-corrected chi connectivity index (χ4v) is 3.76. The molecule has 1 aromatic rings. The monoisotopic (exact) mass is 343 g/mol. The lowest BCUT2D eigenvalue weighted by molar-refractivity contribution is -0.130. The van der Waals surface area contributed by atoms with Crippen molar-refractivity contribution in [1.29, 1.82) is 0 Å². The average molecular weight is 343 g/mol. The second-order valence-electron chi connectivity index (χ2n) is 6.98. The molecular weight excluding hydrogens is 314 g/mol. The van der Waals surface area contributed by atoms with Crippen molar-refractivity contribution in [2.24, 2.45) is 11.7 Å². The quantitative estimate of drug-likeness (QED) is 0.851. The minimum absolute atomic E-state index is 0.0688. The highest BCUT2D eigenvalue weighted by molar-refractivity contribution is 5.92. The Kier molecular flexibility index (Phi) is 6.10. The topological polar surface area (TPSA) is 58.8 Å². The number of likely N-dealkylation sites (tertiary alicyclic amines) is 1. The summed E-state index contributed by atoms with van der Waals surface area (Å²) in [5.41, 5.74) is 8.13. The molecule has 0 spiro atoms. The molecule has 1 amide bonds. The van der Waals surface area contributed by atoms with Crippen molar-refractivity contribution < 1.29 is 9.53 Å². The summed E-state index contributed by atoms with van der Waals surface area (Å²) in [4.78, 5) is 16.8. The van der Waals surface area contributed by atoms with Gasteiger partial charge in [0.15, 0.2) is 0 Å². The van der Waals surface area contributed by atoms with E-state index in [1.807, 2.05) is 11.0 Å². The number of amides is 1. The number of nitrogens with zero attached hydrogens (tertiary/aromatic N) is 2. The molecule has 2 saturated heterocycles. The summed E-state index contributed by atoms with van der Waals surface area (Å²) < 4.78 is 5.39. The van der Waals surface area contributed by atoms with Gasteiger partial charge in [0.05, 0.1) is 13.2 Å². The Balaban J connectivity index is 1.61. The van der Waals surface area contributed by atoms with Gasteiger partial charge in [-0.2, -0.15) is 0 Å². The van der Waals surface area contributed by atoms with E-state index in [2.05, 4.69) is 36.1 Å². The Morgan fingerprint density at radius 2 is 1.96 bits per heavy atom. The maximum absolute atomic E-state index is 12.6. The van der Waals surface area contributed by atoms with Crippen LogP contribution in [0.1, 0.15) is 25.3 Å². The van der Waals surface area contributed by atoms with Crippen LogP contribution in [-0.2, 0) is 9.53 Å². The van der Waals surface area contributed by atoms with E-state index in [1.54, 1.807) is 6.08 Å². The van der Waals surface area contributed by atoms with E-state index in [1.165, 1.54) is 5.69 Å². The molecule has 2 heterocycles. The summed E-state index contributed by atoms with van der Waals surface area (Å²) in [6, 6.07) is 8.51. The van der Waals surface area contributed by atoms with Crippen LogP contribution in [0.15, 0.2) is 30.3 Å². The van der Waals surface area contributed by atoms with Crippen LogP contribution >= 0.6 is 0 Å². The van der Waals surface area contributed by atoms with Crippen molar-refractivity contribution in [3.8, 4) is 0 Å². The predicted octanol–water partition coefficient (Wildman–Crippen LogP) is 2.12. The number of nitrogens with two attached hydrogens (primary N) is 1. The van der Waals surface area contributed by atoms with Crippen LogP contribution in [0.4, 0.5) is 5.69 Å². The second kappa shape index (κ2) is 8.50. The van der Waals surface area contributed by atoms with Gasteiger partial charge in [0, 0.05) is 44.0 Å². The predicted molar refractivity (Wildman–Crippen MR) is 101 cm³/mol. The van der Waals surface area contributed by atoms with Crippen LogP contribution in [0.5, 0.6) is 0 Å². The molecule has 0 aliphatic carbocycles. The highest BCUT2D eigenvalue weighted by Gasteiger charge is 2.29. The van der Waals surface area contributed by atoms with Gasteiger partial charge in [0.2, 0.25) is 5.91 Å². The molecule has 0 bridgehead atoms. The van der Waals surface area contributed by atoms with Gasteiger partial charge in [-0.05, 0) is 42.5 Å². The first-order valence-corrected chi connectivity index (χ1v) is 9.30. The third kappa shape index (κ3) is 4.41. The Bertz CT molecular complexity index is 593. The first-order chi connectivity index (χ1) is 12.2. The molecule has 2 unspecified atom stereocenters. The zero-order chi connectivity index (χ0) is 17.6. The molecule has 1 aromatic carbocycles. The zero-order valence-electron chi connectivity index (χ0n) is 15.1. The van der Waals surface area contributed by atoms with Crippen LogP contribution in [0, 0.1) is 5.92 Å². The number of benzene rings is 1. The Morgan fingerprint density at radius 3 is 2.64 bits per heavy atom. The van der Waals surface area contributed by atoms with Gasteiger partial charge in [0.25, 0.3) is 0 Å². The second-order valence-corrected chi connectivity index (χ2v) is 6.98. The number of morpholine rings is 1. The molecular formula is C20H29N3O2. The lowest BCUT2D eigenvalue weighted by Crippen LogP contribution is -2.50. The van der Waals surface area contributed by atoms with Crippen molar-refractivity contribution in [3.05, 3.63) is 35.9 Å². The summed E-state index contributed by atoms with van der Waals surface area (Å²) in [5.74, 6) is 0.545. The SMILES string of the molecule is CC1CCCN(C(=O)/C=C/c2ccc(N3CCOCC3)cc2)C1CN. The van der Waals surface area contributed by atoms with Crippen molar-refractivity contribution in [1.82, 2.24) is 4.90 Å². The number of carbonyl (C=O) groups excluding carboxylic acids is 1. The lowest BCUT2D eigenvalue weighted by atomic mass is 9.90. The van der Waals surface area contributed by atoms with Gasteiger partial charge in [-0.1, -0.05) is 19.1 Å². The minimum Gasteiger partial charge on any atom is -0.378 e. The average Bonchev–Trinajstić information content (AvgIpc) is 2.67. The third-order valence-electron chi connectivity index (χ3n) is 5.33. The fraction of sp³-hybridized carbons (Fsp3) is 0.550. The summed E-state index contributed by atoms with van der Waals surface area (Å²) in [6.07, 6.45) is 5.80. The van der Waals surface area contributed by atoms with E-state index in [4.69, 9.17) is 10.5 Å². The molecule has 5 heteroatoms. The van der Waals surface area contributed by atoms with Crippen LogP contribution in [0.25, 0.3) is 6.08 Å². The van der Waals surface area contributed by atoms with Gasteiger partial charge >= 0.3 is 0 Å². The molecule has 0 aromatic heterocycles. The van der Waals surface area contributed by atoms with E-state index in [9.17, 15) is 4.79 Å². The maximum atomic E-state index is 12.6. The first kappa shape index (κ1) is 18.0. The van der Waals surface area contributed by atoms with Crippen LogP contribution in [-0.4, -0.2) is 56.2 Å². The maximum Gasteiger partial charge on any atom is 0.246 e. The van der Waals surface area contributed by atoms with Gasteiger partial charge < -0.3 is 20.3 Å². The molecule has 2 fully saturated rings. The fourth-order valence-electron chi connectivity index (χ4n) is 3.76. The zero-order valence-corrected chi connectivity index (χ0v) is 15.1. The normalized spacial score (nSPS) is 24.7. The van der Waals surface area contributed by atoms with Gasteiger partial charge in [0.1, 0.15) is 0 Å². The molecule has 2 N–H and O–H groups in total. The van der Waals surface area contributed by atoms with E-state index >= 15 is 0 Å². The summed E-state index contributed by atoms with van der Waals surface area (Å²) in [6.45, 7) is 6.97. The molecule has 2 aliphatic heterocycles. The first-order valence-electron chi connectivity index (χ1n) is 9.30. The van der Waals surface area contributed by atoms with Crippen molar-refractivity contribution in [2.45, 2.75) is 25.8 Å². The van der Waals surface area contributed by atoms with Gasteiger partial charge in [-0.3, -0.25) is 4.79 Å². The number of hydrogen-bond donors (Lipinski definition) is 1. The molecule has 2 aliphatic rings. The summed E-state index contributed by atoms with van der Waals surface area (Å²) in [5, 5.41) is 0. The summed E-state index contributed by atoms with van der Waals surface area (Å²) in [7, 11) is 0. The summed E-state index contributed by atoms with van der Waals surface area (Å²) >= 11 is 0. The number of carbonyl (C=O) groups is 1. The van der Waals surface area contributed by atoms with E-state index in [-0.39, 0.29) is 11.9 Å². The van der Waals surface area contributed by atoms with Crippen LogP contribution in [0.2, 0.25) is 0 Å². The van der Waals surface area contributed by atoms with E-state index in [0.29, 0.717) is 12.5 Å². The van der Waals surface area contributed by atoms with Gasteiger partial charge in [-0.15, -0.1) is 0 Å². The molecule has 2 atom stereocenters. The Hall–Kier alpha value is -1.85. The Morgan fingerprint density at radius 1 is 1.24 bits per heavy atom. The largest absolute Gasteiger partial charge is 0.378 e. The molecule has 5 nitrogen and oxygen atoms in total. The standard InChI is InChI=1S/C20H29N3O2/c1-16-3-2-10-23(19(16)15-21)20(24)9-6-17-4-7-18(8-5-17)22-11-13-25-14-12-22/h4-9,16,19H,2-3,10-15,21H2,1H3/b9-6+. The molecule has 0 radical (unpaired) electrons.